The molecule has 0 aromatic heterocycles. The molecule has 0 fully saturated rings. The normalized spacial score (nSPS) is 5.14. The SMILES string of the molecule is CCBr.CCBr.CCBr.CCBr.S.S. The Hall–Kier alpha value is 2.62. The fourth-order valence-corrected chi connectivity index (χ4v) is 0. The van der Waals surface area contributed by atoms with Crippen molar-refractivity contribution in [1.82, 2.24) is 0 Å². The van der Waals surface area contributed by atoms with Gasteiger partial charge in [0.05, 0.1) is 0 Å². The molecule has 0 N–H and O–H groups in total. The molecule has 0 bridgehead atoms. The number of hydrogen-bond acceptors (Lipinski definition) is 0. The lowest BCUT2D eigenvalue weighted by Crippen LogP contribution is -1.34. The van der Waals surface area contributed by atoms with Crippen molar-refractivity contribution >= 4 is 90.7 Å². The van der Waals surface area contributed by atoms with Crippen LogP contribution in [-0.2, 0) is 0 Å². The minimum absolute atomic E-state index is 0. The molecule has 0 radical (unpaired) electrons. The van der Waals surface area contributed by atoms with Gasteiger partial charge in [-0.05, 0) is 0 Å². The van der Waals surface area contributed by atoms with Crippen molar-refractivity contribution in [2.45, 2.75) is 27.7 Å². The molecule has 0 aliphatic heterocycles. The van der Waals surface area contributed by atoms with E-state index in [1.165, 1.54) is 0 Å². The molecule has 0 saturated heterocycles. The molecule has 0 amide bonds. The predicted octanol–water partition coefficient (Wildman–Crippen LogP) is 5.83. The fourth-order valence-electron chi connectivity index (χ4n) is 0. The van der Waals surface area contributed by atoms with E-state index < -0.39 is 0 Å². The summed E-state index contributed by atoms with van der Waals surface area (Å²) in [5.74, 6) is 0. The van der Waals surface area contributed by atoms with E-state index in [-0.39, 0.29) is 27.0 Å². The zero-order valence-electron chi connectivity index (χ0n) is 9.34. The summed E-state index contributed by atoms with van der Waals surface area (Å²) in [6.45, 7) is 8.17. The molecule has 0 saturated carbocycles. The quantitative estimate of drug-likeness (QED) is 0.365. The van der Waals surface area contributed by atoms with E-state index in [0.717, 1.165) is 21.3 Å². The Bertz CT molecular complexity index is 27.3. The molecule has 6 heteroatoms. The van der Waals surface area contributed by atoms with Crippen LogP contribution < -0.4 is 0 Å². The van der Waals surface area contributed by atoms with Gasteiger partial charge in [-0.3, -0.25) is 0 Å². The van der Waals surface area contributed by atoms with Gasteiger partial charge in [-0.2, -0.15) is 27.0 Å². The lowest BCUT2D eigenvalue weighted by atomic mass is 11.0. The third-order valence-electron chi connectivity index (χ3n) is 0. The maximum absolute atomic E-state index is 3.15. The lowest BCUT2D eigenvalue weighted by molar-refractivity contribution is 1.56. The summed E-state index contributed by atoms with van der Waals surface area (Å²) in [4.78, 5) is 0. The van der Waals surface area contributed by atoms with E-state index in [9.17, 15) is 0 Å². The molecule has 0 spiro atoms. The highest BCUT2D eigenvalue weighted by atomic mass is 79.9. The summed E-state index contributed by atoms with van der Waals surface area (Å²) in [5, 5.41) is 4.25. The Labute approximate surface area is 138 Å². The van der Waals surface area contributed by atoms with E-state index >= 15 is 0 Å². The molecule has 0 aliphatic rings. The first-order valence-electron chi connectivity index (χ1n) is 3.90. The molecule has 0 rings (SSSR count). The minimum Gasteiger partial charge on any atom is -0.197 e. The Morgan fingerprint density at radius 1 is 0.500 bits per heavy atom. The second-order valence-electron chi connectivity index (χ2n) is 1.07. The molecular weight excluding hydrogens is 480 g/mol. The van der Waals surface area contributed by atoms with Crippen molar-refractivity contribution < 1.29 is 0 Å². The summed E-state index contributed by atoms with van der Waals surface area (Å²) in [5.41, 5.74) is 0. The van der Waals surface area contributed by atoms with Crippen LogP contribution in [0.2, 0.25) is 0 Å². The average molecular weight is 504 g/mol. The standard InChI is InChI=1S/4C2H5Br.2H2S/c4*1-2-3;;/h4*2H2,1H3;2*1H2. The van der Waals surface area contributed by atoms with Gasteiger partial charge in [0.15, 0.2) is 0 Å². The van der Waals surface area contributed by atoms with Crippen molar-refractivity contribution in [2.24, 2.45) is 0 Å². The Balaban J connectivity index is -0.0000000145. The van der Waals surface area contributed by atoms with Gasteiger partial charge in [0.25, 0.3) is 0 Å². The molecule has 0 heterocycles. The predicted molar refractivity (Wildman–Crippen MR) is 98.6 cm³/mol. The maximum Gasteiger partial charge on any atom is 0.000281 e. The van der Waals surface area contributed by atoms with Crippen molar-refractivity contribution in [1.29, 1.82) is 0 Å². The summed E-state index contributed by atoms with van der Waals surface area (Å²) < 4.78 is 0. The summed E-state index contributed by atoms with van der Waals surface area (Å²) in [6.07, 6.45) is 0. The van der Waals surface area contributed by atoms with E-state index in [1.807, 2.05) is 27.7 Å². The molecule has 14 heavy (non-hydrogen) atoms. The van der Waals surface area contributed by atoms with E-state index in [1.54, 1.807) is 0 Å². The summed E-state index contributed by atoms with van der Waals surface area (Å²) in [6, 6.07) is 0. The van der Waals surface area contributed by atoms with Gasteiger partial charge >= 0.3 is 0 Å². The van der Waals surface area contributed by atoms with Crippen LogP contribution in [-0.4, -0.2) is 21.3 Å². The molecule has 0 nitrogen and oxygen atoms in total. The topological polar surface area (TPSA) is 0 Å². The second kappa shape index (κ2) is 76.2. The molecule has 0 unspecified atom stereocenters. The van der Waals surface area contributed by atoms with Crippen molar-refractivity contribution in [3.63, 3.8) is 0 Å². The van der Waals surface area contributed by atoms with E-state index in [0.29, 0.717) is 0 Å². The second-order valence-corrected chi connectivity index (χ2v) is 5.55. The molecule has 0 aromatic rings. The van der Waals surface area contributed by atoms with Crippen LogP contribution in [0, 0.1) is 0 Å². The highest BCUT2D eigenvalue weighted by molar-refractivity contribution is 9.09. The summed E-state index contributed by atoms with van der Waals surface area (Å²) in [7, 11) is 0. The lowest BCUT2D eigenvalue weighted by Gasteiger charge is -1.45. The van der Waals surface area contributed by atoms with Gasteiger partial charge in [-0.25, -0.2) is 0 Å². The minimum atomic E-state index is 0. The van der Waals surface area contributed by atoms with Crippen LogP contribution in [0.5, 0.6) is 0 Å². The van der Waals surface area contributed by atoms with Crippen LogP contribution in [0.4, 0.5) is 0 Å². The van der Waals surface area contributed by atoms with Gasteiger partial charge in [0.2, 0.25) is 0 Å². The van der Waals surface area contributed by atoms with Crippen LogP contribution in [0.25, 0.3) is 0 Å². The smallest absolute Gasteiger partial charge is 0.000281 e. The number of rotatable bonds is 0. The molecule has 0 aromatic carbocycles. The van der Waals surface area contributed by atoms with Crippen molar-refractivity contribution in [3.8, 4) is 0 Å². The van der Waals surface area contributed by atoms with E-state index in [4.69, 9.17) is 0 Å². The third-order valence-corrected chi connectivity index (χ3v) is 0. The number of halogens is 4. The largest absolute Gasteiger partial charge is 0.197 e. The average Bonchev–Trinajstić information content (AvgIpc) is 1.92. The maximum atomic E-state index is 3.15. The first-order chi connectivity index (χ1) is 5.66. The van der Waals surface area contributed by atoms with Gasteiger partial charge in [-0.1, -0.05) is 91.4 Å². The Morgan fingerprint density at radius 2 is 0.500 bits per heavy atom. The first-order valence-corrected chi connectivity index (χ1v) is 8.38. The van der Waals surface area contributed by atoms with Gasteiger partial charge in [0.1, 0.15) is 0 Å². The highest BCUT2D eigenvalue weighted by Crippen LogP contribution is 1.68. The van der Waals surface area contributed by atoms with Crippen LogP contribution >= 0.6 is 90.7 Å². The monoisotopic (exact) mass is 500 g/mol. The van der Waals surface area contributed by atoms with Crippen molar-refractivity contribution in [2.75, 3.05) is 21.3 Å². The van der Waals surface area contributed by atoms with Gasteiger partial charge in [0, 0.05) is 21.3 Å². The van der Waals surface area contributed by atoms with Crippen LogP contribution in [0.1, 0.15) is 27.7 Å². The number of alkyl halides is 4. The molecular formula is C8H24Br4S2. The van der Waals surface area contributed by atoms with Crippen LogP contribution in [0.3, 0.4) is 0 Å². The molecule has 96 valence electrons. The molecule has 0 atom stereocenters. The Morgan fingerprint density at radius 3 is 0.500 bits per heavy atom. The van der Waals surface area contributed by atoms with Gasteiger partial charge in [-0.15, -0.1) is 0 Å². The molecule has 0 aliphatic carbocycles. The first kappa shape index (κ1) is 36.0. The zero-order chi connectivity index (χ0) is 10.8. The summed E-state index contributed by atoms with van der Waals surface area (Å²) >= 11 is 12.6. The van der Waals surface area contributed by atoms with E-state index in [2.05, 4.69) is 63.7 Å². The zero-order valence-corrected chi connectivity index (χ0v) is 17.7. The highest BCUT2D eigenvalue weighted by Gasteiger charge is 1.39. The third kappa shape index (κ3) is 395. The fraction of sp³-hybridized carbons (Fsp3) is 1.00. The Kier molecular flexibility index (Phi) is 196. The van der Waals surface area contributed by atoms with Gasteiger partial charge < -0.3 is 0 Å². The number of hydrogen-bond donors (Lipinski definition) is 0. The van der Waals surface area contributed by atoms with Crippen molar-refractivity contribution in [3.05, 3.63) is 0 Å². The van der Waals surface area contributed by atoms with Crippen LogP contribution in [0.15, 0.2) is 0 Å².